The minimum atomic E-state index is -0.0788. The van der Waals surface area contributed by atoms with Crippen molar-refractivity contribution in [2.24, 2.45) is 0 Å². The largest absolute Gasteiger partial charge is 0.376 e. The van der Waals surface area contributed by atoms with Gasteiger partial charge in [0.1, 0.15) is 5.82 Å². The van der Waals surface area contributed by atoms with Gasteiger partial charge in [0.15, 0.2) is 0 Å². The second kappa shape index (κ2) is 9.83. The fraction of sp³-hybridized carbons (Fsp3) is 0.462. The number of ether oxygens (including phenoxy) is 1. The van der Waals surface area contributed by atoms with Crippen LogP contribution in [0.5, 0.6) is 0 Å². The van der Waals surface area contributed by atoms with Gasteiger partial charge in [-0.2, -0.15) is 0 Å². The van der Waals surface area contributed by atoms with E-state index in [4.69, 9.17) is 9.72 Å². The molecule has 1 fully saturated rings. The van der Waals surface area contributed by atoms with E-state index in [0.29, 0.717) is 29.6 Å². The third kappa shape index (κ3) is 4.83. The third-order valence-electron chi connectivity index (χ3n) is 6.64. The van der Waals surface area contributed by atoms with Gasteiger partial charge in [-0.05, 0) is 55.5 Å². The van der Waals surface area contributed by atoms with Crippen molar-refractivity contribution in [3.63, 3.8) is 0 Å². The number of nitrogens with zero attached hydrogens (tertiary/aromatic N) is 4. The van der Waals surface area contributed by atoms with Crippen LogP contribution in [0.15, 0.2) is 47.5 Å². The molecule has 7 nitrogen and oxygen atoms in total. The highest BCUT2D eigenvalue weighted by Gasteiger charge is 2.24. The molecule has 7 heteroatoms. The Kier molecular flexibility index (Phi) is 6.48. The maximum atomic E-state index is 13.6. The van der Waals surface area contributed by atoms with Crippen LogP contribution in [0, 0.1) is 0 Å². The van der Waals surface area contributed by atoms with Crippen molar-refractivity contribution in [3.05, 3.63) is 70.0 Å². The molecule has 33 heavy (non-hydrogen) atoms. The highest BCUT2D eigenvalue weighted by atomic mass is 16.5. The number of benzene rings is 1. The minimum absolute atomic E-state index is 0.00229. The Bertz CT molecular complexity index is 1190. The summed E-state index contributed by atoms with van der Waals surface area (Å²) < 4.78 is 7.64. The zero-order valence-electron chi connectivity index (χ0n) is 18.9. The first kappa shape index (κ1) is 21.8. The lowest BCUT2D eigenvalue weighted by Gasteiger charge is -2.26. The van der Waals surface area contributed by atoms with Crippen LogP contribution < -0.4 is 5.56 Å². The summed E-state index contributed by atoms with van der Waals surface area (Å²) in [6, 6.07) is 9.16. The van der Waals surface area contributed by atoms with E-state index in [0.717, 1.165) is 63.1 Å². The molecule has 0 bridgehead atoms. The number of carbonyl (C=O) groups excluding carboxylic acids is 1. The van der Waals surface area contributed by atoms with Gasteiger partial charge in [0, 0.05) is 50.6 Å². The molecule has 5 rings (SSSR count). The standard InChI is InChI=1S/C26H30N4O3/c31-25(29(18-21-8-6-14-33-21)17-19-7-5-12-27-16-19)20-10-11-22-23(15-20)28-24-9-3-1-2-4-13-30(24)26(22)32/h5,7,10-12,15-16,21H,1-4,6,8-9,13-14,17-18H2. The molecule has 0 saturated carbocycles. The van der Waals surface area contributed by atoms with Crippen molar-refractivity contribution in [1.82, 2.24) is 19.4 Å². The van der Waals surface area contributed by atoms with Crippen molar-refractivity contribution >= 4 is 16.8 Å². The molecule has 0 aliphatic carbocycles. The van der Waals surface area contributed by atoms with Crippen LogP contribution >= 0.6 is 0 Å². The third-order valence-corrected chi connectivity index (χ3v) is 6.64. The summed E-state index contributed by atoms with van der Waals surface area (Å²) in [6.45, 7) is 2.46. The van der Waals surface area contributed by atoms with Crippen molar-refractivity contribution in [3.8, 4) is 0 Å². The predicted molar refractivity (Wildman–Crippen MR) is 126 cm³/mol. The molecule has 2 aliphatic rings. The number of hydrogen-bond acceptors (Lipinski definition) is 5. The lowest BCUT2D eigenvalue weighted by atomic mass is 10.1. The molecule has 1 amide bonds. The van der Waals surface area contributed by atoms with Gasteiger partial charge in [0.05, 0.1) is 17.0 Å². The highest BCUT2D eigenvalue weighted by molar-refractivity contribution is 5.97. The van der Waals surface area contributed by atoms with E-state index >= 15 is 0 Å². The Labute approximate surface area is 193 Å². The molecule has 4 heterocycles. The quantitative estimate of drug-likeness (QED) is 0.597. The molecular weight excluding hydrogens is 416 g/mol. The molecule has 1 saturated heterocycles. The van der Waals surface area contributed by atoms with E-state index in [-0.39, 0.29) is 17.6 Å². The Hall–Kier alpha value is -3.06. The Morgan fingerprint density at radius 2 is 2.06 bits per heavy atom. The van der Waals surface area contributed by atoms with Gasteiger partial charge in [-0.3, -0.25) is 19.1 Å². The van der Waals surface area contributed by atoms with Gasteiger partial charge in [-0.25, -0.2) is 4.98 Å². The summed E-state index contributed by atoms with van der Waals surface area (Å²) in [5, 5.41) is 0.578. The van der Waals surface area contributed by atoms with Gasteiger partial charge < -0.3 is 9.64 Å². The van der Waals surface area contributed by atoms with E-state index in [1.807, 2.05) is 21.6 Å². The van der Waals surface area contributed by atoms with Crippen molar-refractivity contribution in [1.29, 1.82) is 0 Å². The fourth-order valence-corrected chi connectivity index (χ4v) is 4.88. The molecule has 0 N–H and O–H groups in total. The van der Waals surface area contributed by atoms with E-state index < -0.39 is 0 Å². The lowest BCUT2D eigenvalue weighted by Crippen LogP contribution is -2.37. The van der Waals surface area contributed by atoms with Crippen LogP contribution in [0.1, 0.15) is 60.3 Å². The first-order valence-corrected chi connectivity index (χ1v) is 12.0. The van der Waals surface area contributed by atoms with Crippen LogP contribution in [-0.2, 0) is 24.2 Å². The molecule has 0 radical (unpaired) electrons. The van der Waals surface area contributed by atoms with E-state index in [2.05, 4.69) is 4.98 Å². The smallest absolute Gasteiger partial charge is 0.261 e. The topological polar surface area (TPSA) is 77.3 Å². The SMILES string of the molecule is O=C(c1ccc2c(=O)n3c(nc2c1)CCCCCC3)N(Cc1cccnc1)CC1CCCO1. The maximum Gasteiger partial charge on any atom is 0.261 e. The molecule has 0 spiro atoms. The normalized spacial score (nSPS) is 18.5. The summed E-state index contributed by atoms with van der Waals surface area (Å²) in [5.41, 5.74) is 2.13. The predicted octanol–water partition coefficient (Wildman–Crippen LogP) is 3.73. The number of aryl methyl sites for hydroxylation is 1. The van der Waals surface area contributed by atoms with Crippen LogP contribution in [0.3, 0.4) is 0 Å². The number of aromatic nitrogens is 3. The lowest BCUT2D eigenvalue weighted by molar-refractivity contribution is 0.0507. The first-order valence-electron chi connectivity index (χ1n) is 12.0. The van der Waals surface area contributed by atoms with Crippen molar-refractivity contribution < 1.29 is 9.53 Å². The summed E-state index contributed by atoms with van der Waals surface area (Å²) in [6.07, 6.45) is 10.7. The molecular formula is C26H30N4O3. The summed E-state index contributed by atoms with van der Waals surface area (Å²) in [7, 11) is 0. The second-order valence-electron chi connectivity index (χ2n) is 9.06. The zero-order chi connectivity index (χ0) is 22.6. The maximum absolute atomic E-state index is 13.6. The molecule has 1 unspecified atom stereocenters. The van der Waals surface area contributed by atoms with Gasteiger partial charge >= 0.3 is 0 Å². The molecule has 2 aromatic heterocycles. The fourth-order valence-electron chi connectivity index (χ4n) is 4.88. The molecule has 3 aromatic rings. The Morgan fingerprint density at radius 1 is 1.15 bits per heavy atom. The van der Waals surface area contributed by atoms with Crippen LogP contribution in [0.2, 0.25) is 0 Å². The van der Waals surface area contributed by atoms with E-state index in [1.165, 1.54) is 6.42 Å². The molecule has 172 valence electrons. The molecule has 2 aliphatic heterocycles. The molecule has 1 aromatic carbocycles. The van der Waals surface area contributed by atoms with Gasteiger partial charge in [-0.15, -0.1) is 0 Å². The zero-order valence-corrected chi connectivity index (χ0v) is 18.9. The number of amides is 1. The van der Waals surface area contributed by atoms with E-state index in [1.54, 1.807) is 30.6 Å². The second-order valence-corrected chi connectivity index (χ2v) is 9.06. The average Bonchev–Trinajstić information content (AvgIpc) is 3.33. The highest BCUT2D eigenvalue weighted by Crippen LogP contribution is 2.20. The average molecular weight is 447 g/mol. The minimum Gasteiger partial charge on any atom is -0.376 e. The number of carbonyl (C=O) groups is 1. The van der Waals surface area contributed by atoms with Crippen LogP contribution in [0.25, 0.3) is 10.9 Å². The number of hydrogen-bond donors (Lipinski definition) is 0. The number of pyridine rings is 1. The number of fused-ring (bicyclic) bond motifs is 2. The van der Waals surface area contributed by atoms with Gasteiger partial charge in [0.2, 0.25) is 0 Å². The number of rotatable bonds is 5. The summed E-state index contributed by atoms with van der Waals surface area (Å²) >= 11 is 0. The van der Waals surface area contributed by atoms with Crippen LogP contribution in [-0.4, -0.2) is 44.6 Å². The van der Waals surface area contributed by atoms with Gasteiger partial charge in [-0.1, -0.05) is 18.9 Å². The summed E-state index contributed by atoms with van der Waals surface area (Å²) in [4.78, 5) is 37.6. The van der Waals surface area contributed by atoms with E-state index in [9.17, 15) is 9.59 Å². The van der Waals surface area contributed by atoms with Crippen molar-refractivity contribution in [2.45, 2.75) is 64.1 Å². The van der Waals surface area contributed by atoms with Gasteiger partial charge in [0.25, 0.3) is 11.5 Å². The Balaban J connectivity index is 1.47. The summed E-state index contributed by atoms with van der Waals surface area (Å²) in [5.74, 6) is 0.758. The Morgan fingerprint density at radius 3 is 2.88 bits per heavy atom. The first-order chi connectivity index (χ1) is 16.2. The monoisotopic (exact) mass is 446 g/mol. The van der Waals surface area contributed by atoms with Crippen LogP contribution in [0.4, 0.5) is 0 Å². The molecule has 1 atom stereocenters. The van der Waals surface area contributed by atoms with Crippen molar-refractivity contribution in [2.75, 3.05) is 13.2 Å².